The molecular formula is C6H9NOS. The topological polar surface area (TPSA) is 35.2 Å². The van der Waals surface area contributed by atoms with Crippen LogP contribution >= 0.6 is 11.3 Å². The fourth-order valence-electron chi connectivity index (χ4n) is 0.660. The van der Waals surface area contributed by atoms with E-state index in [9.17, 15) is 0 Å². The van der Waals surface area contributed by atoms with E-state index in [1.807, 2.05) is 11.4 Å². The van der Waals surface area contributed by atoms with Crippen LogP contribution in [-0.2, 0) is 6.54 Å². The third-order valence-corrected chi connectivity index (χ3v) is 2.03. The number of methoxy groups -OCH3 is 1. The first-order valence-electron chi connectivity index (χ1n) is 2.69. The third kappa shape index (κ3) is 1.23. The number of thiophene rings is 1. The molecule has 0 radical (unpaired) electrons. The standard InChI is InChI=1S/C6H9NOS/c1-8-5-2-3-9-6(5)4-7/h2-3H,4,7H2,1H3. The zero-order valence-corrected chi connectivity index (χ0v) is 6.07. The molecule has 0 saturated heterocycles. The van der Waals surface area contributed by atoms with Gasteiger partial charge in [0.25, 0.3) is 0 Å². The molecule has 0 fully saturated rings. The summed E-state index contributed by atoms with van der Waals surface area (Å²) in [5, 5.41) is 1.97. The molecule has 0 aliphatic carbocycles. The lowest BCUT2D eigenvalue weighted by molar-refractivity contribution is 0.412. The monoisotopic (exact) mass is 143 g/mol. The van der Waals surface area contributed by atoms with Crippen molar-refractivity contribution in [2.45, 2.75) is 6.54 Å². The molecule has 1 aromatic rings. The van der Waals surface area contributed by atoms with Gasteiger partial charge >= 0.3 is 0 Å². The zero-order valence-electron chi connectivity index (χ0n) is 5.26. The maximum Gasteiger partial charge on any atom is 0.134 e. The molecule has 2 N–H and O–H groups in total. The lowest BCUT2D eigenvalue weighted by Gasteiger charge is -1.96. The van der Waals surface area contributed by atoms with E-state index in [-0.39, 0.29) is 0 Å². The highest BCUT2D eigenvalue weighted by Crippen LogP contribution is 2.22. The summed E-state index contributed by atoms with van der Waals surface area (Å²) < 4.78 is 5.01. The van der Waals surface area contributed by atoms with Crippen LogP contribution < -0.4 is 10.5 Å². The van der Waals surface area contributed by atoms with Crippen molar-refractivity contribution in [3.05, 3.63) is 16.3 Å². The first kappa shape index (κ1) is 6.58. The third-order valence-electron chi connectivity index (χ3n) is 1.11. The van der Waals surface area contributed by atoms with Gasteiger partial charge in [-0.05, 0) is 11.4 Å². The van der Waals surface area contributed by atoms with E-state index in [1.54, 1.807) is 18.4 Å². The summed E-state index contributed by atoms with van der Waals surface area (Å²) in [4.78, 5) is 1.11. The molecule has 0 spiro atoms. The van der Waals surface area contributed by atoms with E-state index < -0.39 is 0 Å². The normalized spacial score (nSPS) is 9.56. The van der Waals surface area contributed by atoms with Crippen molar-refractivity contribution in [2.75, 3.05) is 7.11 Å². The molecule has 0 aliphatic heterocycles. The fourth-order valence-corrected chi connectivity index (χ4v) is 1.38. The second-order valence-corrected chi connectivity index (χ2v) is 2.62. The average Bonchev–Trinajstić information content (AvgIpc) is 2.33. The Morgan fingerprint density at radius 3 is 3.00 bits per heavy atom. The van der Waals surface area contributed by atoms with Crippen molar-refractivity contribution in [1.29, 1.82) is 0 Å². The first-order chi connectivity index (χ1) is 4.38. The molecule has 0 amide bonds. The molecule has 0 aliphatic rings. The molecular weight excluding hydrogens is 134 g/mol. The number of ether oxygens (including phenoxy) is 1. The van der Waals surface area contributed by atoms with Crippen molar-refractivity contribution >= 4 is 11.3 Å². The summed E-state index contributed by atoms with van der Waals surface area (Å²) >= 11 is 1.62. The van der Waals surface area contributed by atoms with Crippen LogP contribution in [0.2, 0.25) is 0 Å². The Morgan fingerprint density at radius 1 is 1.78 bits per heavy atom. The number of rotatable bonds is 2. The minimum atomic E-state index is 0.570. The Morgan fingerprint density at radius 2 is 2.56 bits per heavy atom. The van der Waals surface area contributed by atoms with Crippen LogP contribution in [0.1, 0.15) is 4.88 Å². The fraction of sp³-hybridized carbons (Fsp3) is 0.333. The van der Waals surface area contributed by atoms with Crippen molar-refractivity contribution in [1.82, 2.24) is 0 Å². The predicted octanol–water partition coefficient (Wildman–Crippen LogP) is 1.22. The predicted molar refractivity (Wildman–Crippen MR) is 38.8 cm³/mol. The zero-order chi connectivity index (χ0) is 6.69. The van der Waals surface area contributed by atoms with Crippen LogP contribution in [0.4, 0.5) is 0 Å². The molecule has 2 nitrogen and oxygen atoms in total. The summed E-state index contributed by atoms with van der Waals surface area (Å²) in [6.45, 7) is 0.570. The van der Waals surface area contributed by atoms with Gasteiger partial charge in [-0.3, -0.25) is 0 Å². The highest BCUT2D eigenvalue weighted by Gasteiger charge is 1.99. The summed E-state index contributed by atoms with van der Waals surface area (Å²) in [6.07, 6.45) is 0. The van der Waals surface area contributed by atoms with Crippen LogP contribution in [0.5, 0.6) is 5.75 Å². The van der Waals surface area contributed by atoms with Gasteiger partial charge in [0.1, 0.15) is 5.75 Å². The molecule has 0 atom stereocenters. The van der Waals surface area contributed by atoms with Crippen LogP contribution in [0.15, 0.2) is 11.4 Å². The number of nitrogens with two attached hydrogens (primary N) is 1. The Bertz CT molecular complexity index is 166. The maximum absolute atomic E-state index is 5.40. The van der Waals surface area contributed by atoms with E-state index >= 15 is 0 Å². The van der Waals surface area contributed by atoms with Gasteiger partial charge in [0.15, 0.2) is 0 Å². The van der Waals surface area contributed by atoms with E-state index in [4.69, 9.17) is 10.5 Å². The summed E-state index contributed by atoms with van der Waals surface area (Å²) in [6, 6.07) is 1.92. The minimum absolute atomic E-state index is 0.570. The lowest BCUT2D eigenvalue weighted by atomic mass is 10.4. The second kappa shape index (κ2) is 2.85. The average molecular weight is 143 g/mol. The van der Waals surface area contributed by atoms with Gasteiger partial charge in [0.05, 0.1) is 12.0 Å². The minimum Gasteiger partial charge on any atom is -0.496 e. The van der Waals surface area contributed by atoms with Gasteiger partial charge in [-0.1, -0.05) is 0 Å². The molecule has 50 valence electrons. The van der Waals surface area contributed by atoms with Crippen LogP contribution in [-0.4, -0.2) is 7.11 Å². The van der Waals surface area contributed by atoms with Gasteiger partial charge < -0.3 is 10.5 Å². The van der Waals surface area contributed by atoms with E-state index in [0.29, 0.717) is 6.54 Å². The van der Waals surface area contributed by atoms with Gasteiger partial charge in [-0.15, -0.1) is 11.3 Å². The molecule has 1 rings (SSSR count). The first-order valence-corrected chi connectivity index (χ1v) is 3.57. The highest BCUT2D eigenvalue weighted by molar-refractivity contribution is 7.10. The largest absolute Gasteiger partial charge is 0.496 e. The van der Waals surface area contributed by atoms with Gasteiger partial charge in [-0.2, -0.15) is 0 Å². The quantitative estimate of drug-likeness (QED) is 0.675. The van der Waals surface area contributed by atoms with Crippen LogP contribution in [0.3, 0.4) is 0 Å². The maximum atomic E-state index is 5.40. The summed E-state index contributed by atoms with van der Waals surface area (Å²) in [5.74, 6) is 0.905. The molecule has 9 heavy (non-hydrogen) atoms. The van der Waals surface area contributed by atoms with Crippen molar-refractivity contribution in [3.8, 4) is 5.75 Å². The summed E-state index contributed by atoms with van der Waals surface area (Å²) in [5.41, 5.74) is 5.40. The van der Waals surface area contributed by atoms with E-state index in [1.165, 1.54) is 0 Å². The van der Waals surface area contributed by atoms with Gasteiger partial charge in [0, 0.05) is 6.54 Å². The summed E-state index contributed by atoms with van der Waals surface area (Å²) in [7, 11) is 1.65. The van der Waals surface area contributed by atoms with Gasteiger partial charge in [0.2, 0.25) is 0 Å². The number of hydrogen-bond acceptors (Lipinski definition) is 3. The van der Waals surface area contributed by atoms with Crippen molar-refractivity contribution in [2.24, 2.45) is 5.73 Å². The Balaban J connectivity index is 2.85. The van der Waals surface area contributed by atoms with E-state index in [2.05, 4.69) is 0 Å². The lowest BCUT2D eigenvalue weighted by Crippen LogP contribution is -1.94. The second-order valence-electron chi connectivity index (χ2n) is 1.62. The molecule has 1 heterocycles. The van der Waals surface area contributed by atoms with Gasteiger partial charge in [-0.25, -0.2) is 0 Å². The van der Waals surface area contributed by atoms with Crippen molar-refractivity contribution < 1.29 is 4.74 Å². The smallest absolute Gasteiger partial charge is 0.134 e. The Kier molecular flexibility index (Phi) is 2.08. The highest BCUT2D eigenvalue weighted by atomic mass is 32.1. The number of hydrogen-bond donors (Lipinski definition) is 1. The molecule has 0 saturated carbocycles. The molecule has 1 aromatic heterocycles. The Hall–Kier alpha value is -0.540. The Labute approximate surface area is 58.3 Å². The molecule has 0 bridgehead atoms. The van der Waals surface area contributed by atoms with Crippen LogP contribution in [0, 0.1) is 0 Å². The van der Waals surface area contributed by atoms with E-state index in [0.717, 1.165) is 10.6 Å². The van der Waals surface area contributed by atoms with Crippen molar-refractivity contribution in [3.63, 3.8) is 0 Å². The van der Waals surface area contributed by atoms with Crippen LogP contribution in [0.25, 0.3) is 0 Å². The SMILES string of the molecule is COc1ccsc1CN. The molecule has 0 unspecified atom stereocenters. The molecule has 0 aromatic carbocycles. The molecule has 3 heteroatoms.